The summed E-state index contributed by atoms with van der Waals surface area (Å²) in [5, 5.41) is 5.19. The van der Waals surface area contributed by atoms with Crippen LogP contribution in [0.1, 0.15) is 37.8 Å². The molecule has 8 heteroatoms. The zero-order chi connectivity index (χ0) is 17.0. The highest BCUT2D eigenvalue weighted by molar-refractivity contribution is 9.10. The second-order valence-electron chi connectivity index (χ2n) is 5.65. The van der Waals surface area contributed by atoms with E-state index < -0.39 is 23.8 Å². The first-order valence-corrected chi connectivity index (χ1v) is 8.53. The molecule has 0 saturated heterocycles. The van der Waals surface area contributed by atoms with Crippen LogP contribution in [0.4, 0.5) is 8.78 Å². The average Bonchev–Trinajstić information content (AvgIpc) is 3.01. The fraction of sp³-hybridized carbons (Fsp3) is 0.533. The normalized spacial score (nSPS) is 20.1. The Bertz CT molecular complexity index is 602. The molecule has 0 saturated carbocycles. The Balaban J connectivity index is 2.27. The Hall–Kier alpha value is -1.08. The van der Waals surface area contributed by atoms with Gasteiger partial charge in [0.25, 0.3) is 12.3 Å². The van der Waals surface area contributed by atoms with E-state index >= 15 is 0 Å². The largest absolute Gasteiger partial charge is 0.272 e. The number of pyridine rings is 1. The second-order valence-corrected chi connectivity index (χ2v) is 6.94. The van der Waals surface area contributed by atoms with Gasteiger partial charge in [0.2, 0.25) is 0 Å². The lowest BCUT2D eigenvalue weighted by molar-refractivity contribution is -0.153. The van der Waals surface area contributed by atoms with Crippen LogP contribution in [0.3, 0.4) is 0 Å². The molecule has 23 heavy (non-hydrogen) atoms. The summed E-state index contributed by atoms with van der Waals surface area (Å²) < 4.78 is 27.8. The van der Waals surface area contributed by atoms with Crippen molar-refractivity contribution >= 4 is 39.7 Å². The molecule has 1 aliphatic heterocycles. The van der Waals surface area contributed by atoms with Gasteiger partial charge < -0.3 is 0 Å². The van der Waals surface area contributed by atoms with Crippen molar-refractivity contribution in [3.05, 3.63) is 28.5 Å². The molecule has 126 valence electrons. The van der Waals surface area contributed by atoms with Gasteiger partial charge in [-0.1, -0.05) is 0 Å². The zero-order valence-electron chi connectivity index (χ0n) is 12.6. The summed E-state index contributed by atoms with van der Waals surface area (Å²) in [6.07, 6.45) is 2.85. The number of rotatable bonds is 6. The van der Waals surface area contributed by atoms with Crippen LogP contribution in [-0.4, -0.2) is 34.4 Å². The highest BCUT2D eigenvalue weighted by atomic mass is 79.9. The van der Waals surface area contributed by atoms with E-state index in [1.807, 2.05) is 6.07 Å². The summed E-state index contributed by atoms with van der Waals surface area (Å²) in [4.78, 5) is 16.8. The molecule has 2 rings (SSSR count). The average molecular weight is 409 g/mol. The van der Waals surface area contributed by atoms with Crippen LogP contribution in [0.2, 0.25) is 0 Å². The maximum Gasteiger partial charge on any atom is 0.254 e. The summed E-state index contributed by atoms with van der Waals surface area (Å²) in [6, 6.07) is 1.40. The molecule has 0 fully saturated rings. The third-order valence-electron chi connectivity index (χ3n) is 3.95. The highest BCUT2D eigenvalue weighted by Gasteiger charge is 2.47. The van der Waals surface area contributed by atoms with Gasteiger partial charge in [0, 0.05) is 35.4 Å². The molecule has 2 unspecified atom stereocenters. The molecule has 0 N–H and O–H groups in total. The van der Waals surface area contributed by atoms with Gasteiger partial charge in [-0.25, -0.2) is 13.8 Å². The number of hydrogen-bond acceptors (Lipinski definition) is 3. The number of hydrogen-bond donors (Lipinski definition) is 0. The summed E-state index contributed by atoms with van der Waals surface area (Å²) in [7, 11) is 0. The SMILES string of the molecule is CC(CCCCl)(C(=O)N1N=CCC1c1cncc(Br)c1)C(F)F. The van der Waals surface area contributed by atoms with E-state index in [1.165, 1.54) is 6.92 Å². The Kier molecular flexibility index (Phi) is 6.08. The summed E-state index contributed by atoms with van der Waals surface area (Å²) in [5.74, 6) is -0.450. The predicted molar refractivity (Wildman–Crippen MR) is 88.7 cm³/mol. The summed E-state index contributed by atoms with van der Waals surface area (Å²) >= 11 is 8.93. The lowest BCUT2D eigenvalue weighted by Gasteiger charge is -2.33. The maximum atomic E-state index is 13.5. The number of carbonyl (C=O) groups is 1. The van der Waals surface area contributed by atoms with Gasteiger partial charge in [-0.15, -0.1) is 11.6 Å². The van der Waals surface area contributed by atoms with Crippen LogP contribution < -0.4 is 0 Å². The Morgan fingerprint density at radius 1 is 1.57 bits per heavy atom. The van der Waals surface area contributed by atoms with Crippen molar-refractivity contribution in [3.63, 3.8) is 0 Å². The molecule has 0 radical (unpaired) electrons. The van der Waals surface area contributed by atoms with E-state index in [0.717, 1.165) is 15.0 Å². The van der Waals surface area contributed by atoms with Gasteiger partial charge in [-0.3, -0.25) is 9.78 Å². The smallest absolute Gasteiger partial charge is 0.254 e. The van der Waals surface area contributed by atoms with Crippen LogP contribution in [0.15, 0.2) is 28.0 Å². The van der Waals surface area contributed by atoms with Crippen molar-refractivity contribution in [2.24, 2.45) is 10.5 Å². The Morgan fingerprint density at radius 2 is 2.30 bits per heavy atom. The van der Waals surface area contributed by atoms with E-state index in [4.69, 9.17) is 11.6 Å². The second kappa shape index (κ2) is 7.66. The first-order valence-electron chi connectivity index (χ1n) is 7.21. The molecular weight excluding hydrogens is 392 g/mol. The Morgan fingerprint density at radius 3 is 2.91 bits per heavy atom. The molecule has 1 aliphatic rings. The van der Waals surface area contributed by atoms with Crippen LogP contribution in [-0.2, 0) is 4.79 Å². The fourth-order valence-corrected chi connectivity index (χ4v) is 3.02. The lowest BCUT2D eigenvalue weighted by Crippen LogP contribution is -2.44. The van der Waals surface area contributed by atoms with Gasteiger partial charge >= 0.3 is 0 Å². The van der Waals surface area contributed by atoms with Gasteiger partial charge in [-0.2, -0.15) is 5.10 Å². The standard InChI is InChI=1S/C15H17BrClF2N3O/c1-15(13(18)19,4-2-5-17)14(23)22-12(3-6-21-22)10-7-11(16)9-20-8-10/h6-9,12-13H,2-5H2,1H3. The monoisotopic (exact) mass is 407 g/mol. The minimum absolute atomic E-state index is 0.0163. The van der Waals surface area contributed by atoms with E-state index in [-0.39, 0.29) is 12.3 Å². The molecule has 1 amide bonds. The highest BCUT2D eigenvalue weighted by Crippen LogP contribution is 2.38. The third kappa shape index (κ3) is 3.88. The van der Waals surface area contributed by atoms with E-state index in [9.17, 15) is 13.6 Å². The van der Waals surface area contributed by atoms with Gasteiger partial charge in [0.1, 0.15) is 5.41 Å². The van der Waals surface area contributed by atoms with Crippen LogP contribution in [0.5, 0.6) is 0 Å². The molecule has 0 bridgehead atoms. The molecule has 0 spiro atoms. The molecule has 1 aromatic heterocycles. The number of aromatic nitrogens is 1. The molecular formula is C15H17BrClF2N3O. The van der Waals surface area contributed by atoms with Crippen molar-refractivity contribution in [1.82, 2.24) is 9.99 Å². The first kappa shape index (κ1) is 18.3. The van der Waals surface area contributed by atoms with Crippen molar-refractivity contribution < 1.29 is 13.6 Å². The number of amides is 1. The molecule has 0 aromatic carbocycles. The molecule has 2 atom stereocenters. The van der Waals surface area contributed by atoms with E-state index in [2.05, 4.69) is 26.0 Å². The number of hydrazone groups is 1. The summed E-state index contributed by atoms with van der Waals surface area (Å²) in [5.41, 5.74) is -1.05. The van der Waals surface area contributed by atoms with Crippen LogP contribution >= 0.6 is 27.5 Å². The van der Waals surface area contributed by atoms with Crippen molar-refractivity contribution in [2.45, 2.75) is 38.7 Å². The molecule has 4 nitrogen and oxygen atoms in total. The zero-order valence-corrected chi connectivity index (χ0v) is 14.9. The number of alkyl halides is 3. The fourth-order valence-electron chi connectivity index (χ4n) is 2.50. The van der Waals surface area contributed by atoms with Gasteiger partial charge in [-0.05, 0) is 47.3 Å². The number of nitrogens with zero attached hydrogens (tertiary/aromatic N) is 3. The first-order chi connectivity index (χ1) is 10.9. The third-order valence-corrected chi connectivity index (χ3v) is 4.65. The quantitative estimate of drug-likeness (QED) is 0.655. The van der Waals surface area contributed by atoms with Gasteiger partial charge in [0.15, 0.2) is 0 Å². The number of halogens is 4. The minimum atomic E-state index is -2.78. The van der Waals surface area contributed by atoms with Crippen LogP contribution in [0.25, 0.3) is 0 Å². The predicted octanol–water partition coefficient (Wildman–Crippen LogP) is 4.39. The minimum Gasteiger partial charge on any atom is -0.272 e. The Labute approximate surface area is 147 Å². The van der Waals surface area contributed by atoms with Crippen molar-refractivity contribution in [3.8, 4) is 0 Å². The summed E-state index contributed by atoms with van der Waals surface area (Å²) in [6.45, 7) is 1.27. The van der Waals surface area contributed by atoms with Crippen molar-refractivity contribution in [1.29, 1.82) is 0 Å². The van der Waals surface area contributed by atoms with E-state index in [0.29, 0.717) is 12.8 Å². The molecule has 2 heterocycles. The van der Waals surface area contributed by atoms with E-state index in [1.54, 1.807) is 18.6 Å². The number of carbonyl (C=O) groups excluding carboxylic acids is 1. The van der Waals surface area contributed by atoms with Gasteiger partial charge in [0.05, 0.1) is 6.04 Å². The molecule has 1 aromatic rings. The van der Waals surface area contributed by atoms with Crippen LogP contribution in [0, 0.1) is 5.41 Å². The topological polar surface area (TPSA) is 45.6 Å². The van der Waals surface area contributed by atoms with Crippen molar-refractivity contribution in [2.75, 3.05) is 5.88 Å². The lowest BCUT2D eigenvalue weighted by atomic mass is 9.84. The maximum absolute atomic E-state index is 13.5. The molecule has 0 aliphatic carbocycles.